The van der Waals surface area contributed by atoms with E-state index in [1.807, 2.05) is 31.2 Å². The van der Waals surface area contributed by atoms with Crippen LogP contribution in [0.1, 0.15) is 56.3 Å². The summed E-state index contributed by atoms with van der Waals surface area (Å²) in [5.74, 6) is 0.178. The summed E-state index contributed by atoms with van der Waals surface area (Å²) in [6.07, 6.45) is 5.09. The Morgan fingerprint density at radius 2 is 2.17 bits per heavy atom. The summed E-state index contributed by atoms with van der Waals surface area (Å²) >= 11 is 1.58. The van der Waals surface area contributed by atoms with E-state index in [2.05, 4.69) is 10.3 Å². The molecule has 0 radical (unpaired) electrons. The number of rotatable bonds is 6. The van der Waals surface area contributed by atoms with Crippen molar-refractivity contribution in [2.75, 3.05) is 13.7 Å². The maximum atomic E-state index is 12.6. The van der Waals surface area contributed by atoms with Crippen LogP contribution >= 0.6 is 11.3 Å². The third kappa shape index (κ3) is 3.92. The van der Waals surface area contributed by atoms with Crippen molar-refractivity contribution in [3.8, 4) is 0 Å². The lowest BCUT2D eigenvalue weighted by Gasteiger charge is -2.35. The Labute approximate surface area is 142 Å². The second-order valence-electron chi connectivity index (χ2n) is 6.72. The third-order valence-electron chi connectivity index (χ3n) is 5.06. The molecule has 3 unspecified atom stereocenters. The molecule has 2 aliphatic heterocycles. The molecular formula is C17H27N3O2S. The lowest BCUT2D eigenvalue weighted by Crippen LogP contribution is -2.49. The molecule has 2 fully saturated rings. The van der Waals surface area contributed by atoms with Gasteiger partial charge in [-0.05, 0) is 39.5 Å². The highest BCUT2D eigenvalue weighted by Gasteiger charge is 2.36. The number of carbonyl (C=O) groups is 1. The van der Waals surface area contributed by atoms with E-state index in [1.165, 1.54) is 12.8 Å². The molecule has 2 aliphatic rings. The van der Waals surface area contributed by atoms with Gasteiger partial charge in [0.05, 0.1) is 12.1 Å². The van der Waals surface area contributed by atoms with Gasteiger partial charge in [0.2, 0.25) is 5.91 Å². The molecule has 5 nitrogen and oxygen atoms in total. The molecule has 3 rings (SSSR count). The third-order valence-corrected chi connectivity index (χ3v) is 6.11. The van der Waals surface area contributed by atoms with E-state index in [-0.39, 0.29) is 12.0 Å². The highest BCUT2D eigenvalue weighted by molar-refractivity contribution is 7.09. The van der Waals surface area contributed by atoms with Crippen LogP contribution in [0, 0.1) is 0 Å². The number of carbonyl (C=O) groups excluding carboxylic acids is 1. The predicted octanol–water partition coefficient (Wildman–Crippen LogP) is 2.52. The maximum absolute atomic E-state index is 12.6. The number of hydrogen-bond acceptors (Lipinski definition) is 5. The average molecular weight is 337 g/mol. The fraction of sp³-hybridized carbons (Fsp3) is 0.765. The van der Waals surface area contributed by atoms with Crippen LogP contribution in [0.15, 0.2) is 5.38 Å². The number of hydrogen-bond donors (Lipinski definition) is 1. The summed E-state index contributed by atoms with van der Waals surface area (Å²) in [7, 11) is 1.95. The fourth-order valence-electron chi connectivity index (χ4n) is 3.74. The Bertz CT molecular complexity index is 536. The quantitative estimate of drug-likeness (QED) is 0.867. The molecule has 1 aromatic heterocycles. The normalized spacial score (nSPS) is 27.9. The molecule has 1 N–H and O–H groups in total. The lowest BCUT2D eigenvalue weighted by atomic mass is 9.98. The van der Waals surface area contributed by atoms with Crippen LogP contribution in [0.3, 0.4) is 0 Å². The Kier molecular flexibility index (Phi) is 5.34. The van der Waals surface area contributed by atoms with Crippen molar-refractivity contribution in [2.45, 2.75) is 70.2 Å². The number of nitrogens with one attached hydrogen (secondary N) is 1. The van der Waals surface area contributed by atoms with Crippen LogP contribution in [-0.4, -0.2) is 47.6 Å². The van der Waals surface area contributed by atoms with Crippen molar-refractivity contribution in [1.82, 2.24) is 15.2 Å². The minimum absolute atomic E-state index is 0.00613. The minimum Gasteiger partial charge on any atom is -0.372 e. The zero-order valence-electron chi connectivity index (χ0n) is 14.2. The molecule has 3 atom stereocenters. The van der Waals surface area contributed by atoms with Gasteiger partial charge in [0.15, 0.2) is 0 Å². The summed E-state index contributed by atoms with van der Waals surface area (Å²) in [4.78, 5) is 19.1. The van der Waals surface area contributed by atoms with Gasteiger partial charge < -0.3 is 15.0 Å². The minimum atomic E-state index is 0.00613. The highest BCUT2D eigenvalue weighted by atomic mass is 32.1. The molecule has 23 heavy (non-hydrogen) atoms. The number of thiazole rings is 1. The summed E-state index contributed by atoms with van der Waals surface area (Å²) in [6, 6.07) is 1.58. The van der Waals surface area contributed by atoms with Crippen molar-refractivity contribution < 1.29 is 9.53 Å². The van der Waals surface area contributed by atoms with Crippen LogP contribution in [0.25, 0.3) is 0 Å². The molecule has 0 aliphatic carbocycles. The number of nitrogens with zero attached hydrogens (tertiary/aromatic N) is 2. The number of piperidine rings is 1. The van der Waals surface area contributed by atoms with E-state index < -0.39 is 0 Å². The van der Waals surface area contributed by atoms with Crippen molar-refractivity contribution >= 4 is 17.2 Å². The smallest absolute Gasteiger partial charge is 0.228 e. The molecule has 0 spiro atoms. The number of fused-ring (bicyclic) bond motifs is 2. The standard InChI is InChI=1S/C17H27N3O2S/c1-4-22-11(2)17-19-14(10-23-17)9-16(21)20(3)15-7-12-5-6-13(8-15)18-12/h10-13,15,18H,4-9H2,1-3H3. The maximum Gasteiger partial charge on any atom is 0.228 e. The molecule has 2 bridgehead atoms. The first-order chi connectivity index (χ1) is 11.1. The van der Waals surface area contributed by atoms with Crippen LogP contribution in [0.5, 0.6) is 0 Å². The van der Waals surface area contributed by atoms with Gasteiger partial charge in [0, 0.05) is 37.2 Å². The van der Waals surface area contributed by atoms with E-state index >= 15 is 0 Å². The lowest BCUT2D eigenvalue weighted by molar-refractivity contribution is -0.132. The predicted molar refractivity (Wildman–Crippen MR) is 91.6 cm³/mol. The Morgan fingerprint density at radius 1 is 1.48 bits per heavy atom. The highest BCUT2D eigenvalue weighted by Crippen LogP contribution is 2.29. The van der Waals surface area contributed by atoms with E-state index in [9.17, 15) is 4.79 Å². The number of aromatic nitrogens is 1. The average Bonchev–Trinajstić information content (AvgIpc) is 3.13. The Hall–Kier alpha value is -0.980. The second kappa shape index (κ2) is 7.28. The van der Waals surface area contributed by atoms with Crippen molar-refractivity contribution in [3.05, 3.63) is 16.1 Å². The van der Waals surface area contributed by atoms with E-state index in [4.69, 9.17) is 4.74 Å². The zero-order chi connectivity index (χ0) is 16.4. The molecular weight excluding hydrogens is 310 g/mol. The van der Waals surface area contributed by atoms with Gasteiger partial charge in [0.1, 0.15) is 11.1 Å². The van der Waals surface area contributed by atoms with Crippen LogP contribution in [-0.2, 0) is 16.0 Å². The largest absolute Gasteiger partial charge is 0.372 e. The van der Waals surface area contributed by atoms with Gasteiger partial charge in [-0.1, -0.05) is 0 Å². The van der Waals surface area contributed by atoms with Gasteiger partial charge in [-0.3, -0.25) is 4.79 Å². The molecule has 0 saturated carbocycles. The molecule has 0 aromatic carbocycles. The Morgan fingerprint density at radius 3 is 2.83 bits per heavy atom. The van der Waals surface area contributed by atoms with Gasteiger partial charge >= 0.3 is 0 Å². The SMILES string of the molecule is CCOC(C)c1nc(CC(=O)N(C)C2CC3CCC(C2)N3)cs1. The molecule has 2 saturated heterocycles. The van der Waals surface area contributed by atoms with E-state index in [0.29, 0.717) is 31.2 Å². The van der Waals surface area contributed by atoms with Crippen LogP contribution in [0.2, 0.25) is 0 Å². The topological polar surface area (TPSA) is 54.5 Å². The summed E-state index contributed by atoms with van der Waals surface area (Å²) < 4.78 is 5.56. The first kappa shape index (κ1) is 16.9. The number of ether oxygens (including phenoxy) is 1. The second-order valence-corrected chi connectivity index (χ2v) is 7.61. The fourth-order valence-corrected chi connectivity index (χ4v) is 4.56. The summed E-state index contributed by atoms with van der Waals surface area (Å²) in [6.45, 7) is 4.66. The van der Waals surface area contributed by atoms with E-state index in [0.717, 1.165) is 23.5 Å². The molecule has 128 valence electrons. The van der Waals surface area contributed by atoms with E-state index in [1.54, 1.807) is 11.3 Å². The zero-order valence-corrected chi connectivity index (χ0v) is 15.1. The molecule has 1 aromatic rings. The van der Waals surface area contributed by atoms with Gasteiger partial charge in [-0.15, -0.1) is 11.3 Å². The molecule has 1 amide bonds. The first-order valence-corrected chi connectivity index (χ1v) is 9.52. The van der Waals surface area contributed by atoms with Crippen molar-refractivity contribution in [2.24, 2.45) is 0 Å². The first-order valence-electron chi connectivity index (χ1n) is 8.64. The van der Waals surface area contributed by atoms with Crippen molar-refractivity contribution in [1.29, 1.82) is 0 Å². The number of likely N-dealkylation sites (N-methyl/N-ethyl adjacent to an activating group) is 1. The molecule has 3 heterocycles. The van der Waals surface area contributed by atoms with Crippen molar-refractivity contribution in [3.63, 3.8) is 0 Å². The monoisotopic (exact) mass is 337 g/mol. The molecule has 6 heteroatoms. The summed E-state index contributed by atoms with van der Waals surface area (Å²) in [5.41, 5.74) is 0.866. The van der Waals surface area contributed by atoms with Crippen LogP contribution < -0.4 is 5.32 Å². The van der Waals surface area contributed by atoms with Gasteiger partial charge in [-0.2, -0.15) is 0 Å². The van der Waals surface area contributed by atoms with Gasteiger partial charge in [-0.25, -0.2) is 4.98 Å². The van der Waals surface area contributed by atoms with Crippen LogP contribution in [0.4, 0.5) is 0 Å². The Balaban J connectivity index is 1.56. The summed E-state index contributed by atoms with van der Waals surface area (Å²) in [5, 5.41) is 6.57. The number of amides is 1. The van der Waals surface area contributed by atoms with Gasteiger partial charge in [0.25, 0.3) is 0 Å².